The van der Waals surface area contributed by atoms with Gasteiger partial charge in [-0.15, -0.1) is 0 Å². The van der Waals surface area contributed by atoms with Crippen LogP contribution in [0.15, 0.2) is 34.1 Å². The van der Waals surface area contributed by atoms with Crippen molar-refractivity contribution >= 4 is 17.8 Å². The SMILES string of the molecule is CCN(CC)C(=O)c1ccc(N=Cc2c(C)c(C#N)c(=O)n(C)c2O)cc1. The predicted molar refractivity (Wildman–Crippen MR) is 104 cm³/mol. The maximum atomic E-state index is 12.3. The van der Waals surface area contributed by atoms with Crippen molar-refractivity contribution in [2.75, 3.05) is 13.1 Å². The summed E-state index contributed by atoms with van der Waals surface area (Å²) in [4.78, 5) is 30.3. The molecule has 1 aromatic heterocycles. The molecule has 140 valence electrons. The van der Waals surface area contributed by atoms with Gasteiger partial charge in [-0.3, -0.25) is 19.1 Å². The summed E-state index contributed by atoms with van der Waals surface area (Å²) >= 11 is 0. The van der Waals surface area contributed by atoms with Gasteiger partial charge in [-0.05, 0) is 50.6 Å². The Labute approximate surface area is 157 Å². The molecule has 1 N–H and O–H groups in total. The lowest BCUT2D eigenvalue weighted by Gasteiger charge is -2.18. The summed E-state index contributed by atoms with van der Waals surface area (Å²) in [5, 5.41) is 19.4. The first-order valence-electron chi connectivity index (χ1n) is 8.61. The lowest BCUT2D eigenvalue weighted by Crippen LogP contribution is -2.30. The summed E-state index contributed by atoms with van der Waals surface area (Å²) in [6.07, 6.45) is 1.41. The fourth-order valence-corrected chi connectivity index (χ4v) is 2.72. The molecule has 0 radical (unpaired) electrons. The molecular weight excluding hydrogens is 344 g/mol. The van der Waals surface area contributed by atoms with Crippen molar-refractivity contribution in [1.82, 2.24) is 9.47 Å². The second-order valence-electron chi connectivity index (χ2n) is 6.00. The van der Waals surface area contributed by atoms with Crippen molar-refractivity contribution in [3.8, 4) is 11.9 Å². The number of carbonyl (C=O) groups excluding carboxylic acids is 1. The van der Waals surface area contributed by atoms with Crippen molar-refractivity contribution in [1.29, 1.82) is 5.26 Å². The van der Waals surface area contributed by atoms with Crippen LogP contribution in [0.4, 0.5) is 5.69 Å². The normalized spacial score (nSPS) is 10.8. The van der Waals surface area contributed by atoms with Crippen LogP contribution in [-0.2, 0) is 7.05 Å². The number of amides is 1. The number of hydrogen-bond acceptors (Lipinski definition) is 5. The maximum absolute atomic E-state index is 12.3. The Morgan fingerprint density at radius 2 is 1.89 bits per heavy atom. The first-order valence-corrected chi connectivity index (χ1v) is 8.61. The molecule has 0 spiro atoms. The van der Waals surface area contributed by atoms with E-state index in [9.17, 15) is 14.7 Å². The monoisotopic (exact) mass is 366 g/mol. The zero-order valence-corrected chi connectivity index (χ0v) is 15.9. The van der Waals surface area contributed by atoms with Gasteiger partial charge in [0, 0.05) is 31.9 Å². The Morgan fingerprint density at radius 1 is 1.30 bits per heavy atom. The Hall–Kier alpha value is -3.40. The molecule has 0 fully saturated rings. The molecule has 2 aromatic rings. The van der Waals surface area contributed by atoms with Gasteiger partial charge >= 0.3 is 0 Å². The van der Waals surface area contributed by atoms with E-state index >= 15 is 0 Å². The first kappa shape index (κ1) is 19.9. The van der Waals surface area contributed by atoms with Crippen molar-refractivity contribution in [2.24, 2.45) is 12.0 Å². The zero-order chi connectivity index (χ0) is 20.1. The summed E-state index contributed by atoms with van der Waals surface area (Å²) in [6.45, 7) is 6.73. The molecule has 7 heteroatoms. The first-order chi connectivity index (χ1) is 12.8. The Balaban J connectivity index is 2.35. The third-order valence-electron chi connectivity index (χ3n) is 4.48. The van der Waals surface area contributed by atoms with E-state index in [-0.39, 0.29) is 17.4 Å². The van der Waals surface area contributed by atoms with E-state index in [1.165, 1.54) is 13.3 Å². The lowest BCUT2D eigenvalue weighted by molar-refractivity contribution is 0.0773. The van der Waals surface area contributed by atoms with Gasteiger partial charge in [0.2, 0.25) is 5.88 Å². The molecule has 0 unspecified atom stereocenters. The molecular formula is C20H22N4O3. The minimum absolute atomic E-state index is 0.0306. The minimum Gasteiger partial charge on any atom is -0.494 e. The number of benzene rings is 1. The summed E-state index contributed by atoms with van der Waals surface area (Å²) in [7, 11) is 1.39. The van der Waals surface area contributed by atoms with Gasteiger partial charge in [-0.2, -0.15) is 5.26 Å². The molecule has 1 aromatic carbocycles. The molecule has 2 rings (SSSR count). The largest absolute Gasteiger partial charge is 0.494 e. The highest BCUT2D eigenvalue weighted by Gasteiger charge is 2.16. The van der Waals surface area contributed by atoms with Gasteiger partial charge < -0.3 is 10.0 Å². The van der Waals surface area contributed by atoms with Crippen LogP contribution in [0.1, 0.15) is 40.9 Å². The molecule has 0 aliphatic heterocycles. The lowest BCUT2D eigenvalue weighted by atomic mass is 10.1. The molecule has 0 aliphatic carbocycles. The highest BCUT2D eigenvalue weighted by atomic mass is 16.3. The molecule has 7 nitrogen and oxygen atoms in total. The number of aliphatic imine (C=N–C) groups is 1. The Bertz CT molecular complexity index is 978. The van der Waals surface area contributed by atoms with Gasteiger partial charge in [0.15, 0.2) is 0 Å². The zero-order valence-electron chi connectivity index (χ0n) is 15.9. The van der Waals surface area contributed by atoms with Crippen LogP contribution in [0.25, 0.3) is 0 Å². The second-order valence-corrected chi connectivity index (χ2v) is 6.00. The summed E-state index contributed by atoms with van der Waals surface area (Å²) in [6, 6.07) is 8.66. The van der Waals surface area contributed by atoms with E-state index in [2.05, 4.69) is 4.99 Å². The van der Waals surface area contributed by atoms with E-state index in [4.69, 9.17) is 5.26 Å². The molecule has 0 aliphatic rings. The number of rotatable bonds is 5. The van der Waals surface area contributed by atoms with E-state index in [0.29, 0.717) is 35.5 Å². The number of hydrogen-bond donors (Lipinski definition) is 1. The molecule has 0 bridgehead atoms. The van der Waals surface area contributed by atoms with Crippen LogP contribution in [0.5, 0.6) is 5.88 Å². The number of carbonyl (C=O) groups is 1. The summed E-state index contributed by atoms with van der Waals surface area (Å²) in [5.41, 5.74) is 1.25. The van der Waals surface area contributed by atoms with Crippen LogP contribution in [-0.4, -0.2) is 39.8 Å². The minimum atomic E-state index is -0.552. The summed E-state index contributed by atoms with van der Waals surface area (Å²) in [5.74, 6) is -0.297. The number of nitrogens with zero attached hydrogens (tertiary/aromatic N) is 4. The van der Waals surface area contributed by atoms with Crippen LogP contribution in [0, 0.1) is 18.3 Å². The van der Waals surface area contributed by atoms with Crippen LogP contribution in [0.3, 0.4) is 0 Å². The third-order valence-corrected chi connectivity index (χ3v) is 4.48. The fraction of sp³-hybridized carbons (Fsp3) is 0.300. The topological polar surface area (TPSA) is 98.7 Å². The Morgan fingerprint density at radius 3 is 2.41 bits per heavy atom. The van der Waals surface area contributed by atoms with Crippen LogP contribution < -0.4 is 5.56 Å². The second kappa shape index (κ2) is 8.32. The van der Waals surface area contributed by atoms with E-state index in [1.807, 2.05) is 19.9 Å². The molecule has 27 heavy (non-hydrogen) atoms. The highest BCUT2D eigenvalue weighted by molar-refractivity contribution is 5.94. The van der Waals surface area contributed by atoms with Crippen molar-refractivity contribution in [3.05, 3.63) is 56.9 Å². The van der Waals surface area contributed by atoms with Gasteiger partial charge in [0.1, 0.15) is 11.6 Å². The summed E-state index contributed by atoms with van der Waals surface area (Å²) < 4.78 is 1.01. The molecule has 1 amide bonds. The van der Waals surface area contributed by atoms with Crippen molar-refractivity contribution < 1.29 is 9.90 Å². The average Bonchev–Trinajstić information content (AvgIpc) is 2.68. The third kappa shape index (κ3) is 3.90. The van der Waals surface area contributed by atoms with Crippen molar-refractivity contribution in [3.63, 3.8) is 0 Å². The number of pyridine rings is 1. The van der Waals surface area contributed by atoms with Crippen molar-refractivity contribution in [2.45, 2.75) is 20.8 Å². The predicted octanol–water partition coefficient (Wildman–Crippen LogP) is 2.50. The molecule has 1 heterocycles. The van der Waals surface area contributed by atoms with Gasteiger partial charge in [-0.1, -0.05) is 0 Å². The van der Waals surface area contributed by atoms with E-state index < -0.39 is 5.56 Å². The number of aromatic nitrogens is 1. The fourth-order valence-electron chi connectivity index (χ4n) is 2.72. The Kier molecular flexibility index (Phi) is 6.14. The van der Waals surface area contributed by atoms with E-state index in [0.717, 1.165) is 4.57 Å². The average molecular weight is 366 g/mol. The number of nitriles is 1. The smallest absolute Gasteiger partial charge is 0.271 e. The molecule has 0 saturated heterocycles. The number of aromatic hydroxyl groups is 1. The molecule has 0 atom stereocenters. The standard InChI is InChI=1S/C20H22N4O3/c1-5-24(6-2)18(25)14-7-9-15(10-8-14)22-12-17-13(3)16(11-21)19(26)23(4)20(17)27/h7-10,12,27H,5-6H2,1-4H3. The maximum Gasteiger partial charge on any atom is 0.271 e. The quantitative estimate of drug-likeness (QED) is 0.822. The van der Waals surface area contributed by atoms with Gasteiger partial charge in [0.05, 0.1) is 11.3 Å². The van der Waals surface area contributed by atoms with Gasteiger partial charge in [0.25, 0.3) is 11.5 Å². The van der Waals surface area contributed by atoms with Crippen LogP contribution >= 0.6 is 0 Å². The van der Waals surface area contributed by atoms with E-state index in [1.54, 1.807) is 36.1 Å². The van der Waals surface area contributed by atoms with Crippen LogP contribution in [0.2, 0.25) is 0 Å². The highest BCUT2D eigenvalue weighted by Crippen LogP contribution is 2.21. The van der Waals surface area contributed by atoms with Gasteiger partial charge in [-0.25, -0.2) is 0 Å². The molecule has 0 saturated carbocycles.